The highest BCUT2D eigenvalue weighted by Gasteiger charge is 2.20. The van der Waals surface area contributed by atoms with E-state index in [0.29, 0.717) is 28.5 Å². The molecule has 3 nitrogen and oxygen atoms in total. The zero-order valence-corrected chi connectivity index (χ0v) is 10.5. The molecule has 0 bridgehead atoms. The number of nitrogens with zero attached hydrogens (tertiary/aromatic N) is 2. The molecule has 1 aliphatic rings. The molecule has 0 amide bonds. The van der Waals surface area contributed by atoms with Gasteiger partial charge in [0.25, 0.3) is 0 Å². The Kier molecular flexibility index (Phi) is 3.26. The fraction of sp³-hybridized carbons (Fsp3) is 0.364. The van der Waals surface area contributed by atoms with Crippen molar-refractivity contribution in [2.45, 2.75) is 5.92 Å². The standard InChI is InChI=1S/C11H13Cl2N3/c1-16-6-8(5-15-11(16)14)7-2-9(12)4-10(13)3-7/h2-4,8H,5-6H2,1H3,(H2,14,15). The molecular formula is C11H13Cl2N3. The molecule has 0 saturated heterocycles. The SMILES string of the molecule is CN1CC(c2cc(Cl)cc(Cl)c2)CN=C1N. The summed E-state index contributed by atoms with van der Waals surface area (Å²) in [6.45, 7) is 1.53. The Labute approximate surface area is 105 Å². The van der Waals surface area contributed by atoms with Crippen LogP contribution in [0.3, 0.4) is 0 Å². The fourth-order valence-corrected chi connectivity index (χ4v) is 2.37. The highest BCUT2D eigenvalue weighted by atomic mass is 35.5. The van der Waals surface area contributed by atoms with E-state index in [9.17, 15) is 0 Å². The number of benzene rings is 1. The molecular weight excluding hydrogens is 245 g/mol. The largest absolute Gasteiger partial charge is 0.370 e. The molecule has 16 heavy (non-hydrogen) atoms. The first kappa shape index (κ1) is 11.6. The minimum Gasteiger partial charge on any atom is -0.370 e. The van der Waals surface area contributed by atoms with Crippen molar-refractivity contribution in [3.05, 3.63) is 33.8 Å². The van der Waals surface area contributed by atoms with Crippen LogP contribution in [0.2, 0.25) is 10.0 Å². The Hall–Kier alpha value is -0.930. The highest BCUT2D eigenvalue weighted by molar-refractivity contribution is 6.34. The molecule has 1 aliphatic heterocycles. The van der Waals surface area contributed by atoms with Crippen LogP contribution < -0.4 is 5.73 Å². The normalized spacial score (nSPS) is 20.8. The lowest BCUT2D eigenvalue weighted by Gasteiger charge is -2.29. The van der Waals surface area contributed by atoms with Gasteiger partial charge < -0.3 is 10.6 Å². The zero-order valence-electron chi connectivity index (χ0n) is 8.95. The van der Waals surface area contributed by atoms with Crippen molar-refractivity contribution >= 4 is 29.2 Å². The van der Waals surface area contributed by atoms with Gasteiger partial charge >= 0.3 is 0 Å². The maximum absolute atomic E-state index is 5.98. The number of hydrogen-bond acceptors (Lipinski definition) is 3. The van der Waals surface area contributed by atoms with Gasteiger partial charge in [-0.1, -0.05) is 23.2 Å². The van der Waals surface area contributed by atoms with Crippen LogP contribution in [0.15, 0.2) is 23.2 Å². The molecule has 2 rings (SSSR count). The van der Waals surface area contributed by atoms with Gasteiger partial charge in [0.05, 0.1) is 6.54 Å². The maximum atomic E-state index is 5.98. The predicted octanol–water partition coefficient (Wildman–Crippen LogP) is 2.34. The summed E-state index contributed by atoms with van der Waals surface area (Å²) in [6.07, 6.45) is 0. The summed E-state index contributed by atoms with van der Waals surface area (Å²) in [5, 5.41) is 1.32. The number of guanidine groups is 1. The number of aliphatic imine (C=N–C) groups is 1. The quantitative estimate of drug-likeness (QED) is 0.840. The Bertz CT molecular complexity index is 411. The third kappa shape index (κ3) is 2.42. The van der Waals surface area contributed by atoms with Gasteiger partial charge in [0, 0.05) is 29.6 Å². The second-order valence-corrected chi connectivity index (χ2v) is 4.85. The molecule has 1 aromatic rings. The van der Waals surface area contributed by atoms with Crippen LogP contribution in [0.1, 0.15) is 11.5 Å². The van der Waals surface area contributed by atoms with Gasteiger partial charge in [-0.3, -0.25) is 4.99 Å². The second-order valence-electron chi connectivity index (χ2n) is 3.98. The first-order valence-corrected chi connectivity index (χ1v) is 5.79. The third-order valence-corrected chi connectivity index (χ3v) is 3.15. The van der Waals surface area contributed by atoms with Crippen molar-refractivity contribution in [1.29, 1.82) is 0 Å². The molecule has 86 valence electrons. The molecule has 5 heteroatoms. The van der Waals surface area contributed by atoms with Gasteiger partial charge in [-0.2, -0.15) is 0 Å². The first-order chi connectivity index (χ1) is 7.56. The van der Waals surface area contributed by atoms with E-state index in [4.69, 9.17) is 28.9 Å². The van der Waals surface area contributed by atoms with Crippen LogP contribution in [0, 0.1) is 0 Å². The van der Waals surface area contributed by atoms with Crippen molar-refractivity contribution in [3.63, 3.8) is 0 Å². The number of rotatable bonds is 1. The molecule has 1 atom stereocenters. The lowest BCUT2D eigenvalue weighted by atomic mass is 9.98. The number of hydrogen-bond donors (Lipinski definition) is 1. The van der Waals surface area contributed by atoms with Gasteiger partial charge in [-0.15, -0.1) is 0 Å². The summed E-state index contributed by atoms with van der Waals surface area (Å²) in [5.74, 6) is 0.887. The highest BCUT2D eigenvalue weighted by Crippen LogP contribution is 2.26. The van der Waals surface area contributed by atoms with Crippen molar-refractivity contribution in [3.8, 4) is 0 Å². The molecule has 0 fully saturated rings. The second kappa shape index (κ2) is 4.52. The molecule has 0 aromatic heterocycles. The van der Waals surface area contributed by atoms with E-state index in [2.05, 4.69) is 4.99 Å². The van der Waals surface area contributed by atoms with E-state index in [1.165, 1.54) is 0 Å². The fourth-order valence-electron chi connectivity index (χ4n) is 1.83. The molecule has 0 aliphatic carbocycles. The summed E-state index contributed by atoms with van der Waals surface area (Å²) >= 11 is 12.0. The lowest BCUT2D eigenvalue weighted by molar-refractivity contribution is 0.422. The zero-order chi connectivity index (χ0) is 11.7. The molecule has 1 unspecified atom stereocenters. The molecule has 1 heterocycles. The van der Waals surface area contributed by atoms with Crippen LogP contribution in [0.5, 0.6) is 0 Å². The topological polar surface area (TPSA) is 41.6 Å². The number of halogens is 2. The monoisotopic (exact) mass is 257 g/mol. The van der Waals surface area contributed by atoms with E-state index in [-0.39, 0.29) is 0 Å². The van der Waals surface area contributed by atoms with Gasteiger partial charge in [-0.05, 0) is 23.8 Å². The van der Waals surface area contributed by atoms with Gasteiger partial charge in [0.1, 0.15) is 0 Å². The summed E-state index contributed by atoms with van der Waals surface area (Å²) in [7, 11) is 1.93. The van der Waals surface area contributed by atoms with Crippen LogP contribution in [0.25, 0.3) is 0 Å². The molecule has 0 spiro atoms. The summed E-state index contributed by atoms with van der Waals surface area (Å²) in [4.78, 5) is 6.20. The van der Waals surface area contributed by atoms with Gasteiger partial charge in [0.15, 0.2) is 5.96 Å². The lowest BCUT2D eigenvalue weighted by Crippen LogP contribution is -2.41. The third-order valence-electron chi connectivity index (χ3n) is 2.72. The Morgan fingerprint density at radius 1 is 1.31 bits per heavy atom. The van der Waals surface area contributed by atoms with Crippen LogP contribution in [0.4, 0.5) is 0 Å². The summed E-state index contributed by atoms with van der Waals surface area (Å²) in [5.41, 5.74) is 6.81. The number of nitrogens with two attached hydrogens (primary N) is 1. The molecule has 2 N–H and O–H groups in total. The summed E-state index contributed by atoms with van der Waals surface area (Å²) in [6, 6.07) is 5.60. The van der Waals surface area contributed by atoms with Crippen LogP contribution in [-0.4, -0.2) is 31.0 Å². The molecule has 1 aromatic carbocycles. The smallest absolute Gasteiger partial charge is 0.191 e. The van der Waals surface area contributed by atoms with E-state index in [1.807, 2.05) is 24.1 Å². The minimum atomic E-state index is 0.300. The predicted molar refractivity (Wildman–Crippen MR) is 68.3 cm³/mol. The number of likely N-dealkylation sites (N-methyl/N-ethyl adjacent to an activating group) is 1. The van der Waals surface area contributed by atoms with E-state index in [0.717, 1.165) is 12.1 Å². The molecule has 0 saturated carbocycles. The van der Waals surface area contributed by atoms with E-state index >= 15 is 0 Å². The van der Waals surface area contributed by atoms with Crippen LogP contribution in [-0.2, 0) is 0 Å². The first-order valence-electron chi connectivity index (χ1n) is 5.03. The average molecular weight is 258 g/mol. The van der Waals surface area contributed by atoms with Gasteiger partial charge in [-0.25, -0.2) is 0 Å². The Morgan fingerprint density at radius 2 is 1.94 bits per heavy atom. The van der Waals surface area contributed by atoms with Gasteiger partial charge in [0.2, 0.25) is 0 Å². The van der Waals surface area contributed by atoms with Crippen molar-refractivity contribution < 1.29 is 0 Å². The van der Waals surface area contributed by atoms with Crippen molar-refractivity contribution in [1.82, 2.24) is 4.90 Å². The van der Waals surface area contributed by atoms with Crippen LogP contribution >= 0.6 is 23.2 Å². The average Bonchev–Trinajstić information content (AvgIpc) is 2.20. The van der Waals surface area contributed by atoms with Crippen molar-refractivity contribution in [2.75, 3.05) is 20.1 Å². The Balaban J connectivity index is 2.25. The van der Waals surface area contributed by atoms with E-state index < -0.39 is 0 Å². The molecule has 0 radical (unpaired) electrons. The summed E-state index contributed by atoms with van der Waals surface area (Å²) < 4.78 is 0. The maximum Gasteiger partial charge on any atom is 0.191 e. The van der Waals surface area contributed by atoms with E-state index in [1.54, 1.807) is 6.07 Å². The van der Waals surface area contributed by atoms with Crippen molar-refractivity contribution in [2.24, 2.45) is 10.7 Å². The minimum absolute atomic E-state index is 0.300. The Morgan fingerprint density at radius 3 is 2.50 bits per heavy atom.